The summed E-state index contributed by atoms with van der Waals surface area (Å²) in [6.07, 6.45) is 1.31. The second kappa shape index (κ2) is 7.58. The zero-order chi connectivity index (χ0) is 18.6. The van der Waals surface area contributed by atoms with Crippen LogP contribution in [0.5, 0.6) is 11.5 Å². The minimum Gasteiger partial charge on any atom is -0.495 e. The number of aromatic nitrogens is 1. The molecule has 1 heterocycles. The third-order valence-electron chi connectivity index (χ3n) is 3.05. The molecule has 0 unspecified atom stereocenters. The Morgan fingerprint density at radius 2 is 1.84 bits per heavy atom. The molecular formula is C15H16ClN3O5S. The number of sulfonamides is 1. The Bertz CT molecular complexity index is 885. The van der Waals surface area contributed by atoms with Gasteiger partial charge < -0.3 is 14.8 Å². The molecule has 0 saturated carbocycles. The molecule has 1 amide bonds. The number of carbonyl (C=O) groups excluding carboxylic acids is 1. The molecule has 0 aliphatic carbocycles. The van der Waals surface area contributed by atoms with Crippen molar-refractivity contribution in [1.82, 2.24) is 4.98 Å². The Kier molecular flexibility index (Phi) is 5.70. The van der Waals surface area contributed by atoms with Gasteiger partial charge in [0.05, 0.1) is 24.9 Å². The van der Waals surface area contributed by atoms with Crippen LogP contribution in [-0.4, -0.2) is 33.5 Å². The zero-order valence-electron chi connectivity index (χ0n) is 13.7. The smallest absolute Gasteiger partial charge is 0.266 e. The molecule has 8 nitrogen and oxygen atoms in total. The molecule has 1 aromatic heterocycles. The first-order valence-electron chi connectivity index (χ1n) is 6.95. The number of carbonyl (C=O) groups is 1. The van der Waals surface area contributed by atoms with E-state index in [-0.39, 0.29) is 33.8 Å². The molecule has 0 aliphatic rings. The van der Waals surface area contributed by atoms with Gasteiger partial charge in [0.25, 0.3) is 10.0 Å². The van der Waals surface area contributed by atoms with Gasteiger partial charge in [0, 0.05) is 19.2 Å². The van der Waals surface area contributed by atoms with E-state index < -0.39 is 10.0 Å². The Labute approximate surface area is 150 Å². The molecule has 0 atom stereocenters. The lowest BCUT2D eigenvalue weighted by Gasteiger charge is -2.16. The number of ether oxygens (including phenoxy) is 2. The Hall–Kier alpha value is -2.52. The topological polar surface area (TPSA) is 107 Å². The highest BCUT2D eigenvalue weighted by Gasteiger charge is 2.23. The second-order valence-electron chi connectivity index (χ2n) is 4.85. The van der Waals surface area contributed by atoms with Gasteiger partial charge in [-0.3, -0.25) is 9.52 Å². The second-order valence-corrected chi connectivity index (χ2v) is 6.94. The first-order valence-corrected chi connectivity index (χ1v) is 8.81. The predicted molar refractivity (Wildman–Crippen MR) is 93.9 cm³/mol. The summed E-state index contributed by atoms with van der Waals surface area (Å²) in [4.78, 5) is 15.0. The molecule has 0 bridgehead atoms. The lowest BCUT2D eigenvalue weighted by Crippen LogP contribution is -2.16. The minimum atomic E-state index is -4.04. The zero-order valence-corrected chi connectivity index (χ0v) is 15.2. The minimum absolute atomic E-state index is 0.0485. The van der Waals surface area contributed by atoms with Crippen LogP contribution in [0.25, 0.3) is 0 Å². The molecule has 1 aromatic carbocycles. The first-order chi connectivity index (χ1) is 11.8. The van der Waals surface area contributed by atoms with Crippen LogP contribution >= 0.6 is 11.6 Å². The van der Waals surface area contributed by atoms with E-state index in [0.29, 0.717) is 5.02 Å². The largest absolute Gasteiger partial charge is 0.495 e. The van der Waals surface area contributed by atoms with Gasteiger partial charge in [-0.05, 0) is 18.2 Å². The van der Waals surface area contributed by atoms with Crippen molar-refractivity contribution in [2.75, 3.05) is 24.3 Å². The summed E-state index contributed by atoms with van der Waals surface area (Å²) < 4.78 is 38.0. The van der Waals surface area contributed by atoms with Crippen molar-refractivity contribution in [3.05, 3.63) is 35.5 Å². The molecule has 0 radical (unpaired) electrons. The average molecular weight is 386 g/mol. The highest BCUT2D eigenvalue weighted by molar-refractivity contribution is 7.92. The molecule has 0 fully saturated rings. The van der Waals surface area contributed by atoms with Crippen molar-refractivity contribution in [1.29, 1.82) is 0 Å². The predicted octanol–water partition coefficient (Wildman–Crippen LogP) is 2.51. The van der Waals surface area contributed by atoms with Gasteiger partial charge in [-0.2, -0.15) is 0 Å². The van der Waals surface area contributed by atoms with Gasteiger partial charge in [0.1, 0.15) is 22.2 Å². The fourth-order valence-corrected chi connectivity index (χ4v) is 3.29. The standard InChI is InChI=1S/C15H16ClN3O5S/c1-9(20)18-11-6-14(13(24-3)7-12(11)23-2)25(21,22)19-15-5-4-10(16)8-17-15/h4-8H,1-3H3,(H,17,19)(H,18,20). The summed E-state index contributed by atoms with van der Waals surface area (Å²) in [6.45, 7) is 1.30. The summed E-state index contributed by atoms with van der Waals surface area (Å²) in [6, 6.07) is 5.54. The molecule has 134 valence electrons. The van der Waals surface area contributed by atoms with E-state index in [0.717, 1.165) is 0 Å². The number of hydrogen-bond acceptors (Lipinski definition) is 6. The Balaban J connectivity index is 2.50. The Morgan fingerprint density at radius 3 is 2.36 bits per heavy atom. The van der Waals surface area contributed by atoms with E-state index >= 15 is 0 Å². The summed E-state index contributed by atoms with van der Waals surface area (Å²) >= 11 is 5.74. The van der Waals surface area contributed by atoms with Gasteiger partial charge in [-0.1, -0.05) is 11.6 Å². The van der Waals surface area contributed by atoms with E-state index in [9.17, 15) is 13.2 Å². The van der Waals surface area contributed by atoms with E-state index in [4.69, 9.17) is 21.1 Å². The summed E-state index contributed by atoms with van der Waals surface area (Å²) in [7, 11) is -1.32. The number of pyridine rings is 1. The highest BCUT2D eigenvalue weighted by Crippen LogP contribution is 2.36. The average Bonchev–Trinajstić information content (AvgIpc) is 2.56. The van der Waals surface area contributed by atoms with E-state index in [1.54, 1.807) is 0 Å². The van der Waals surface area contributed by atoms with Gasteiger partial charge in [-0.15, -0.1) is 0 Å². The molecule has 0 spiro atoms. The maximum Gasteiger partial charge on any atom is 0.266 e. The van der Waals surface area contributed by atoms with Crippen molar-refractivity contribution in [2.24, 2.45) is 0 Å². The van der Waals surface area contributed by atoms with E-state index in [1.165, 1.54) is 51.6 Å². The van der Waals surface area contributed by atoms with Crippen molar-refractivity contribution < 1.29 is 22.7 Å². The third-order valence-corrected chi connectivity index (χ3v) is 4.65. The van der Waals surface area contributed by atoms with Gasteiger partial charge >= 0.3 is 0 Å². The molecule has 0 aliphatic heterocycles. The van der Waals surface area contributed by atoms with Crippen LogP contribution in [0.4, 0.5) is 11.5 Å². The highest BCUT2D eigenvalue weighted by atomic mass is 35.5. The van der Waals surface area contributed by atoms with Crippen LogP contribution in [0, 0.1) is 0 Å². The molecule has 2 aromatic rings. The molecule has 10 heteroatoms. The van der Waals surface area contributed by atoms with Crippen molar-refractivity contribution in [3.8, 4) is 11.5 Å². The van der Waals surface area contributed by atoms with Gasteiger partial charge in [0.15, 0.2) is 0 Å². The molecule has 25 heavy (non-hydrogen) atoms. The normalized spacial score (nSPS) is 10.9. The number of amides is 1. The Morgan fingerprint density at radius 1 is 1.16 bits per heavy atom. The number of anilines is 2. The number of methoxy groups -OCH3 is 2. The third kappa shape index (κ3) is 4.52. The first kappa shape index (κ1) is 18.8. The van der Waals surface area contributed by atoms with Crippen molar-refractivity contribution in [3.63, 3.8) is 0 Å². The number of nitrogens with one attached hydrogen (secondary N) is 2. The SMILES string of the molecule is COc1cc(OC)c(S(=O)(=O)Nc2ccc(Cl)cn2)cc1NC(C)=O. The number of rotatable bonds is 6. The van der Waals surface area contributed by atoms with Gasteiger partial charge in [-0.25, -0.2) is 13.4 Å². The lowest BCUT2D eigenvalue weighted by molar-refractivity contribution is -0.114. The molecule has 0 saturated heterocycles. The van der Waals surface area contributed by atoms with Crippen LogP contribution in [-0.2, 0) is 14.8 Å². The van der Waals surface area contributed by atoms with E-state index in [2.05, 4.69) is 15.0 Å². The molecular weight excluding hydrogens is 370 g/mol. The number of nitrogens with zero attached hydrogens (tertiary/aromatic N) is 1. The summed E-state index contributed by atoms with van der Waals surface area (Å²) in [5.41, 5.74) is 0.195. The maximum atomic E-state index is 12.7. The van der Waals surface area contributed by atoms with Crippen molar-refractivity contribution >= 4 is 39.0 Å². The number of benzene rings is 1. The summed E-state index contributed by atoms with van der Waals surface area (Å²) in [5, 5.41) is 2.89. The van der Waals surface area contributed by atoms with Crippen LogP contribution < -0.4 is 19.5 Å². The van der Waals surface area contributed by atoms with Gasteiger partial charge in [0.2, 0.25) is 5.91 Å². The quantitative estimate of drug-likeness (QED) is 0.791. The summed E-state index contributed by atoms with van der Waals surface area (Å²) in [5.74, 6) is 0.0190. The van der Waals surface area contributed by atoms with E-state index in [1.807, 2.05) is 0 Å². The molecule has 2 N–H and O–H groups in total. The van der Waals surface area contributed by atoms with Crippen molar-refractivity contribution in [2.45, 2.75) is 11.8 Å². The fraction of sp³-hybridized carbons (Fsp3) is 0.200. The fourth-order valence-electron chi connectivity index (χ4n) is 2.00. The lowest BCUT2D eigenvalue weighted by atomic mass is 10.2. The monoisotopic (exact) mass is 385 g/mol. The van der Waals surface area contributed by atoms with Crippen LogP contribution in [0.3, 0.4) is 0 Å². The van der Waals surface area contributed by atoms with Crippen LogP contribution in [0.2, 0.25) is 5.02 Å². The van der Waals surface area contributed by atoms with Crippen LogP contribution in [0.1, 0.15) is 6.92 Å². The maximum absolute atomic E-state index is 12.7. The number of halogens is 1. The molecule has 2 rings (SSSR count). The number of hydrogen-bond donors (Lipinski definition) is 2. The van der Waals surface area contributed by atoms with Crippen LogP contribution in [0.15, 0.2) is 35.4 Å².